The lowest BCUT2D eigenvalue weighted by molar-refractivity contribution is -0.140. The summed E-state index contributed by atoms with van der Waals surface area (Å²) >= 11 is 0. The van der Waals surface area contributed by atoms with Gasteiger partial charge in [0, 0.05) is 12.1 Å². The molecule has 0 heterocycles. The Morgan fingerprint density at radius 3 is 2.22 bits per heavy atom. The highest BCUT2D eigenvalue weighted by atomic mass is 16.2. The monoisotopic (exact) mass is 254 g/mol. The lowest BCUT2D eigenvalue weighted by Gasteiger charge is -2.28. The summed E-state index contributed by atoms with van der Waals surface area (Å²) in [4.78, 5) is 23.3. The molecule has 1 rings (SSSR count). The minimum absolute atomic E-state index is 0.0547. The van der Waals surface area contributed by atoms with Gasteiger partial charge < -0.3 is 10.6 Å². The van der Waals surface area contributed by atoms with E-state index in [2.05, 4.69) is 17.6 Å². The van der Waals surface area contributed by atoms with Crippen LogP contribution in [0.25, 0.3) is 0 Å². The average Bonchev–Trinajstić information content (AvgIpc) is 2.39. The maximum Gasteiger partial charge on any atom is 0.309 e. The number of carbonyl (C=O) groups excluding carboxylic acids is 2. The van der Waals surface area contributed by atoms with Gasteiger partial charge in [0.2, 0.25) is 0 Å². The van der Waals surface area contributed by atoms with Gasteiger partial charge in [-0.3, -0.25) is 9.59 Å². The van der Waals surface area contributed by atoms with Crippen LogP contribution in [0.5, 0.6) is 0 Å². The Labute approximate surface area is 110 Å². The summed E-state index contributed by atoms with van der Waals surface area (Å²) < 4.78 is 0. The molecule has 2 N–H and O–H groups in total. The molecule has 104 valence electrons. The molecule has 0 aromatic heterocycles. The predicted molar refractivity (Wildman–Crippen MR) is 72.1 cm³/mol. The van der Waals surface area contributed by atoms with Crippen molar-refractivity contribution in [2.24, 2.45) is 5.92 Å². The largest absolute Gasteiger partial charge is 0.345 e. The number of nitrogens with one attached hydrogen (secondary N) is 2. The fourth-order valence-corrected chi connectivity index (χ4v) is 2.36. The summed E-state index contributed by atoms with van der Waals surface area (Å²) in [5, 5.41) is 5.53. The minimum Gasteiger partial charge on any atom is -0.345 e. The molecular formula is C14H26N2O2. The van der Waals surface area contributed by atoms with Crippen molar-refractivity contribution < 1.29 is 9.59 Å². The molecule has 1 aliphatic carbocycles. The zero-order chi connectivity index (χ0) is 13.5. The summed E-state index contributed by atoms with van der Waals surface area (Å²) in [5.74, 6) is -0.177. The molecule has 0 spiro atoms. The Balaban J connectivity index is 2.30. The van der Waals surface area contributed by atoms with E-state index in [9.17, 15) is 9.59 Å². The zero-order valence-electron chi connectivity index (χ0n) is 11.8. The first kappa shape index (κ1) is 15.0. The van der Waals surface area contributed by atoms with Gasteiger partial charge in [-0.1, -0.05) is 20.3 Å². The number of hydrogen-bond donors (Lipinski definition) is 2. The maximum atomic E-state index is 11.7. The van der Waals surface area contributed by atoms with Crippen LogP contribution in [0.4, 0.5) is 0 Å². The highest BCUT2D eigenvalue weighted by Crippen LogP contribution is 2.26. The molecule has 4 nitrogen and oxygen atoms in total. The van der Waals surface area contributed by atoms with Crippen molar-refractivity contribution in [3.63, 3.8) is 0 Å². The van der Waals surface area contributed by atoms with Crippen LogP contribution in [0.3, 0.4) is 0 Å². The Morgan fingerprint density at radius 2 is 1.72 bits per heavy atom. The van der Waals surface area contributed by atoms with Crippen LogP contribution in [0.1, 0.15) is 59.3 Å². The molecule has 0 radical (unpaired) electrons. The van der Waals surface area contributed by atoms with Crippen LogP contribution in [-0.4, -0.2) is 23.9 Å². The van der Waals surface area contributed by atoms with E-state index in [-0.39, 0.29) is 12.1 Å². The van der Waals surface area contributed by atoms with Gasteiger partial charge in [-0.15, -0.1) is 0 Å². The van der Waals surface area contributed by atoms with E-state index >= 15 is 0 Å². The Bertz CT molecular complexity index is 284. The Kier molecular flexibility index (Phi) is 6.16. The quantitative estimate of drug-likeness (QED) is 0.754. The maximum absolute atomic E-state index is 11.7. The third-order valence-corrected chi connectivity index (χ3v) is 3.96. The lowest BCUT2D eigenvalue weighted by atomic mass is 9.84. The molecule has 18 heavy (non-hydrogen) atoms. The molecule has 0 saturated heterocycles. The molecule has 0 aromatic carbocycles. The van der Waals surface area contributed by atoms with E-state index in [1.807, 2.05) is 13.8 Å². The van der Waals surface area contributed by atoms with Gasteiger partial charge in [0.05, 0.1) is 0 Å². The SMILES string of the molecule is CCC1CCC(NC(=O)C(=O)N[C@@H](C)CC)CC1. The summed E-state index contributed by atoms with van der Waals surface area (Å²) in [7, 11) is 0. The molecule has 2 amide bonds. The number of rotatable bonds is 4. The normalized spacial score (nSPS) is 25.3. The van der Waals surface area contributed by atoms with Crippen LogP contribution in [0.15, 0.2) is 0 Å². The van der Waals surface area contributed by atoms with Gasteiger partial charge in [0.25, 0.3) is 0 Å². The van der Waals surface area contributed by atoms with Gasteiger partial charge >= 0.3 is 11.8 Å². The number of amides is 2. The van der Waals surface area contributed by atoms with E-state index in [1.54, 1.807) is 0 Å². The van der Waals surface area contributed by atoms with E-state index in [1.165, 1.54) is 6.42 Å². The Morgan fingerprint density at radius 1 is 1.11 bits per heavy atom. The fraction of sp³-hybridized carbons (Fsp3) is 0.857. The van der Waals surface area contributed by atoms with E-state index in [0.717, 1.165) is 38.0 Å². The van der Waals surface area contributed by atoms with Crippen LogP contribution in [-0.2, 0) is 9.59 Å². The van der Waals surface area contributed by atoms with Crippen molar-refractivity contribution in [3.8, 4) is 0 Å². The molecule has 1 aliphatic rings. The molecule has 0 aromatic rings. The van der Waals surface area contributed by atoms with Crippen molar-refractivity contribution in [2.45, 2.75) is 71.4 Å². The van der Waals surface area contributed by atoms with Crippen molar-refractivity contribution in [3.05, 3.63) is 0 Å². The first-order valence-electron chi connectivity index (χ1n) is 7.18. The zero-order valence-corrected chi connectivity index (χ0v) is 11.8. The fourth-order valence-electron chi connectivity index (χ4n) is 2.36. The van der Waals surface area contributed by atoms with Gasteiger partial charge in [0.15, 0.2) is 0 Å². The molecule has 1 fully saturated rings. The smallest absolute Gasteiger partial charge is 0.309 e. The highest BCUT2D eigenvalue weighted by molar-refractivity contribution is 6.35. The third-order valence-electron chi connectivity index (χ3n) is 3.96. The third kappa shape index (κ3) is 4.67. The first-order valence-corrected chi connectivity index (χ1v) is 7.18. The minimum atomic E-state index is -0.498. The molecule has 0 unspecified atom stereocenters. The predicted octanol–water partition coefficient (Wildman–Crippen LogP) is 1.99. The van der Waals surface area contributed by atoms with Gasteiger partial charge in [-0.05, 0) is 44.9 Å². The highest BCUT2D eigenvalue weighted by Gasteiger charge is 2.24. The summed E-state index contributed by atoms with van der Waals surface area (Å²) in [5.41, 5.74) is 0. The van der Waals surface area contributed by atoms with Crippen LogP contribution < -0.4 is 10.6 Å². The second kappa shape index (κ2) is 7.39. The standard InChI is InChI=1S/C14H26N2O2/c1-4-10(3)15-13(17)14(18)16-12-8-6-11(5-2)7-9-12/h10-12H,4-9H2,1-3H3,(H,15,17)(H,16,18)/t10-,11?,12?/m0/s1. The molecular weight excluding hydrogens is 228 g/mol. The van der Waals surface area contributed by atoms with Crippen molar-refractivity contribution in [1.82, 2.24) is 10.6 Å². The van der Waals surface area contributed by atoms with Crippen LogP contribution in [0, 0.1) is 5.92 Å². The molecule has 0 bridgehead atoms. The second-order valence-corrected chi connectivity index (χ2v) is 5.38. The second-order valence-electron chi connectivity index (χ2n) is 5.38. The topological polar surface area (TPSA) is 58.2 Å². The molecule has 1 saturated carbocycles. The van der Waals surface area contributed by atoms with Gasteiger partial charge in [-0.2, -0.15) is 0 Å². The van der Waals surface area contributed by atoms with Gasteiger partial charge in [0.1, 0.15) is 0 Å². The van der Waals surface area contributed by atoms with E-state index < -0.39 is 11.8 Å². The van der Waals surface area contributed by atoms with Crippen molar-refractivity contribution in [1.29, 1.82) is 0 Å². The molecule has 4 heteroatoms. The summed E-state index contributed by atoms with van der Waals surface area (Å²) in [6.07, 6.45) is 6.38. The van der Waals surface area contributed by atoms with Crippen molar-refractivity contribution in [2.75, 3.05) is 0 Å². The first-order chi connectivity index (χ1) is 8.56. The lowest BCUT2D eigenvalue weighted by Crippen LogP contribution is -2.47. The average molecular weight is 254 g/mol. The summed E-state index contributed by atoms with van der Waals surface area (Å²) in [6, 6.07) is 0.238. The van der Waals surface area contributed by atoms with Crippen LogP contribution >= 0.6 is 0 Å². The van der Waals surface area contributed by atoms with Crippen molar-refractivity contribution >= 4 is 11.8 Å². The van der Waals surface area contributed by atoms with Crippen LogP contribution in [0.2, 0.25) is 0 Å². The van der Waals surface area contributed by atoms with Gasteiger partial charge in [-0.25, -0.2) is 0 Å². The number of hydrogen-bond acceptors (Lipinski definition) is 2. The number of carbonyl (C=O) groups is 2. The molecule has 1 atom stereocenters. The van der Waals surface area contributed by atoms with E-state index in [4.69, 9.17) is 0 Å². The van der Waals surface area contributed by atoms with E-state index in [0.29, 0.717) is 0 Å². The Hall–Kier alpha value is -1.06. The summed E-state index contributed by atoms with van der Waals surface area (Å²) in [6.45, 7) is 6.09. The molecule has 0 aliphatic heterocycles.